The van der Waals surface area contributed by atoms with Gasteiger partial charge in [-0.3, -0.25) is 4.79 Å². The molecule has 0 aromatic heterocycles. The molecule has 5 heteroatoms. The molecule has 1 fully saturated rings. The van der Waals surface area contributed by atoms with E-state index in [9.17, 15) is 4.79 Å². The van der Waals surface area contributed by atoms with E-state index in [1.807, 2.05) is 23.1 Å². The van der Waals surface area contributed by atoms with Crippen LogP contribution in [0.1, 0.15) is 18.4 Å². The summed E-state index contributed by atoms with van der Waals surface area (Å²) in [5.74, 6) is 1.95. The highest BCUT2D eigenvalue weighted by atomic mass is 35.5. The lowest BCUT2D eigenvalue weighted by Gasteiger charge is -2.23. The van der Waals surface area contributed by atoms with Crippen LogP contribution >= 0.6 is 11.6 Å². The van der Waals surface area contributed by atoms with Crippen molar-refractivity contribution in [3.05, 3.63) is 23.8 Å². The maximum Gasteiger partial charge on any atom is 0.227 e. The summed E-state index contributed by atoms with van der Waals surface area (Å²) in [7, 11) is 3.19. The number of rotatable bonds is 5. The van der Waals surface area contributed by atoms with Crippen molar-refractivity contribution in [2.24, 2.45) is 0 Å². The number of carbonyl (C=O) groups is 1. The zero-order valence-corrected chi connectivity index (χ0v) is 12.7. The van der Waals surface area contributed by atoms with Crippen LogP contribution in [-0.4, -0.2) is 43.5 Å². The van der Waals surface area contributed by atoms with Crippen LogP contribution in [0.4, 0.5) is 0 Å². The molecule has 1 aliphatic rings. The Kier molecular flexibility index (Phi) is 5.12. The van der Waals surface area contributed by atoms with Crippen LogP contribution in [0.2, 0.25) is 0 Å². The summed E-state index contributed by atoms with van der Waals surface area (Å²) in [5.41, 5.74) is 0.924. The molecule has 1 aromatic rings. The molecule has 0 bridgehead atoms. The molecule has 2 rings (SSSR count). The zero-order chi connectivity index (χ0) is 14.5. The standard InChI is InChI=1S/C15H20ClNO3/c1-19-13-6-5-11(8-14(13)20-2)9-15(18)17-7-3-4-12(17)10-16/h5-6,8,12H,3-4,7,9-10H2,1-2H3. The largest absolute Gasteiger partial charge is 0.493 e. The van der Waals surface area contributed by atoms with Crippen molar-refractivity contribution < 1.29 is 14.3 Å². The fraction of sp³-hybridized carbons (Fsp3) is 0.533. The second-order valence-electron chi connectivity index (χ2n) is 4.90. The molecule has 0 saturated carbocycles. The van der Waals surface area contributed by atoms with Crippen molar-refractivity contribution in [3.8, 4) is 11.5 Å². The van der Waals surface area contributed by atoms with Crippen LogP contribution in [0.3, 0.4) is 0 Å². The Morgan fingerprint density at radius 2 is 2.10 bits per heavy atom. The van der Waals surface area contributed by atoms with E-state index in [1.54, 1.807) is 14.2 Å². The summed E-state index contributed by atoms with van der Waals surface area (Å²) < 4.78 is 10.4. The average molecular weight is 298 g/mol. The summed E-state index contributed by atoms with van der Waals surface area (Å²) in [6, 6.07) is 5.75. The number of methoxy groups -OCH3 is 2. The smallest absolute Gasteiger partial charge is 0.227 e. The van der Waals surface area contributed by atoms with Gasteiger partial charge in [0.1, 0.15) is 0 Å². The Bertz CT molecular complexity index is 478. The molecule has 1 unspecified atom stereocenters. The molecule has 20 heavy (non-hydrogen) atoms. The van der Waals surface area contributed by atoms with E-state index < -0.39 is 0 Å². The third-order valence-corrected chi connectivity index (χ3v) is 4.04. The molecule has 1 heterocycles. The Morgan fingerprint density at radius 3 is 2.75 bits per heavy atom. The van der Waals surface area contributed by atoms with Gasteiger partial charge in [-0.25, -0.2) is 0 Å². The first kappa shape index (κ1) is 15.0. The van der Waals surface area contributed by atoms with Crippen LogP contribution < -0.4 is 9.47 Å². The first-order valence-electron chi connectivity index (χ1n) is 6.76. The molecule has 0 aliphatic carbocycles. The van der Waals surface area contributed by atoms with Crippen LogP contribution in [0.5, 0.6) is 11.5 Å². The van der Waals surface area contributed by atoms with E-state index in [0.29, 0.717) is 23.8 Å². The maximum absolute atomic E-state index is 12.3. The van der Waals surface area contributed by atoms with E-state index >= 15 is 0 Å². The lowest BCUT2D eigenvalue weighted by Crippen LogP contribution is -2.37. The Hall–Kier alpha value is -1.42. The topological polar surface area (TPSA) is 38.8 Å². The van der Waals surface area contributed by atoms with Crippen molar-refractivity contribution in [1.29, 1.82) is 0 Å². The Morgan fingerprint density at radius 1 is 1.35 bits per heavy atom. The van der Waals surface area contributed by atoms with Gasteiger partial charge >= 0.3 is 0 Å². The van der Waals surface area contributed by atoms with Crippen LogP contribution in [0.15, 0.2) is 18.2 Å². The summed E-state index contributed by atoms with van der Waals surface area (Å²) in [6.07, 6.45) is 2.41. The number of nitrogens with zero attached hydrogens (tertiary/aromatic N) is 1. The summed E-state index contributed by atoms with van der Waals surface area (Å²) in [6.45, 7) is 0.809. The summed E-state index contributed by atoms with van der Waals surface area (Å²) in [4.78, 5) is 14.2. The van der Waals surface area contributed by atoms with Crippen LogP contribution in [-0.2, 0) is 11.2 Å². The molecule has 4 nitrogen and oxygen atoms in total. The molecule has 1 aliphatic heterocycles. The highest BCUT2D eigenvalue weighted by molar-refractivity contribution is 6.18. The van der Waals surface area contributed by atoms with Gasteiger partial charge in [0.25, 0.3) is 0 Å². The number of alkyl halides is 1. The normalized spacial score (nSPS) is 18.1. The zero-order valence-electron chi connectivity index (χ0n) is 11.9. The van der Waals surface area contributed by atoms with Gasteiger partial charge in [-0.1, -0.05) is 6.07 Å². The van der Waals surface area contributed by atoms with Gasteiger partial charge in [-0.05, 0) is 30.5 Å². The second kappa shape index (κ2) is 6.84. The molecular formula is C15H20ClNO3. The monoisotopic (exact) mass is 297 g/mol. The fourth-order valence-corrected chi connectivity index (χ4v) is 2.91. The van der Waals surface area contributed by atoms with Crippen LogP contribution in [0, 0.1) is 0 Å². The van der Waals surface area contributed by atoms with E-state index in [2.05, 4.69) is 0 Å². The van der Waals surface area contributed by atoms with Crippen molar-refractivity contribution in [3.63, 3.8) is 0 Å². The quantitative estimate of drug-likeness (QED) is 0.784. The molecule has 0 N–H and O–H groups in total. The van der Waals surface area contributed by atoms with Crippen molar-refractivity contribution in [1.82, 2.24) is 4.90 Å². The molecular weight excluding hydrogens is 278 g/mol. The number of amides is 1. The predicted molar refractivity (Wildman–Crippen MR) is 78.7 cm³/mol. The number of carbonyl (C=O) groups excluding carboxylic acids is 1. The van der Waals surface area contributed by atoms with E-state index in [1.165, 1.54) is 0 Å². The van der Waals surface area contributed by atoms with Gasteiger partial charge in [0, 0.05) is 18.5 Å². The van der Waals surface area contributed by atoms with Gasteiger partial charge in [-0.2, -0.15) is 0 Å². The maximum atomic E-state index is 12.3. The molecule has 110 valence electrons. The Labute approximate surface area is 124 Å². The van der Waals surface area contributed by atoms with Gasteiger partial charge in [0.15, 0.2) is 11.5 Å². The third kappa shape index (κ3) is 3.18. The van der Waals surface area contributed by atoms with Crippen molar-refractivity contribution >= 4 is 17.5 Å². The number of benzene rings is 1. The van der Waals surface area contributed by atoms with Gasteiger partial charge in [-0.15, -0.1) is 11.6 Å². The van der Waals surface area contributed by atoms with E-state index in [4.69, 9.17) is 21.1 Å². The van der Waals surface area contributed by atoms with Crippen molar-refractivity contribution in [2.75, 3.05) is 26.6 Å². The highest BCUT2D eigenvalue weighted by Gasteiger charge is 2.27. The van der Waals surface area contributed by atoms with Crippen LogP contribution in [0.25, 0.3) is 0 Å². The fourth-order valence-electron chi connectivity index (χ4n) is 2.59. The predicted octanol–water partition coefficient (Wildman–Crippen LogP) is 2.48. The van der Waals surface area contributed by atoms with Gasteiger partial charge < -0.3 is 14.4 Å². The summed E-state index contributed by atoms with van der Waals surface area (Å²) >= 11 is 5.91. The van der Waals surface area contributed by atoms with Gasteiger partial charge in [0.2, 0.25) is 5.91 Å². The third-order valence-electron chi connectivity index (χ3n) is 3.68. The number of hydrogen-bond donors (Lipinski definition) is 0. The average Bonchev–Trinajstić information content (AvgIpc) is 2.95. The first-order valence-corrected chi connectivity index (χ1v) is 7.29. The molecule has 1 amide bonds. The van der Waals surface area contributed by atoms with E-state index in [0.717, 1.165) is 24.9 Å². The number of ether oxygens (including phenoxy) is 2. The molecule has 1 saturated heterocycles. The number of halogens is 1. The number of hydrogen-bond acceptors (Lipinski definition) is 3. The lowest BCUT2D eigenvalue weighted by atomic mass is 10.1. The number of likely N-dealkylation sites (tertiary alicyclic amines) is 1. The SMILES string of the molecule is COc1ccc(CC(=O)N2CCCC2CCl)cc1OC. The minimum Gasteiger partial charge on any atom is -0.493 e. The van der Waals surface area contributed by atoms with Gasteiger partial charge in [0.05, 0.1) is 20.6 Å². The molecule has 1 aromatic carbocycles. The first-order chi connectivity index (χ1) is 9.69. The molecule has 1 atom stereocenters. The highest BCUT2D eigenvalue weighted by Crippen LogP contribution is 2.28. The summed E-state index contributed by atoms with van der Waals surface area (Å²) in [5, 5.41) is 0. The molecule has 0 spiro atoms. The second-order valence-corrected chi connectivity index (χ2v) is 5.21. The Balaban J connectivity index is 2.07. The molecule has 0 radical (unpaired) electrons. The van der Waals surface area contributed by atoms with Crippen molar-refractivity contribution in [2.45, 2.75) is 25.3 Å². The lowest BCUT2D eigenvalue weighted by molar-refractivity contribution is -0.130. The van der Waals surface area contributed by atoms with E-state index in [-0.39, 0.29) is 11.9 Å². The minimum absolute atomic E-state index is 0.125. The minimum atomic E-state index is 0.125.